The molecule has 0 aliphatic heterocycles. The van der Waals surface area contributed by atoms with Crippen molar-refractivity contribution in [2.75, 3.05) is 33.9 Å². The van der Waals surface area contributed by atoms with Crippen LogP contribution >= 0.6 is 0 Å². The van der Waals surface area contributed by atoms with Crippen molar-refractivity contribution in [3.8, 4) is 5.75 Å². The Morgan fingerprint density at radius 2 is 1.89 bits per heavy atom. The summed E-state index contributed by atoms with van der Waals surface area (Å²) in [6, 6.07) is 8.08. The molecule has 2 N–H and O–H groups in total. The van der Waals surface area contributed by atoms with Crippen molar-refractivity contribution in [1.29, 1.82) is 0 Å². The molecule has 0 saturated heterocycles. The number of aliphatic hydroxyl groups is 1. The summed E-state index contributed by atoms with van der Waals surface area (Å²) in [5.74, 6) is 0.884. The van der Waals surface area contributed by atoms with E-state index < -0.39 is 0 Å². The van der Waals surface area contributed by atoms with Crippen LogP contribution in [0.15, 0.2) is 24.3 Å². The maximum absolute atomic E-state index is 9.44. The molecule has 1 rings (SSSR count). The molecular formula is C14H23NO3. The number of hydrogen-bond acceptors (Lipinski definition) is 4. The molecule has 0 aromatic heterocycles. The van der Waals surface area contributed by atoms with Gasteiger partial charge in [-0.3, -0.25) is 0 Å². The number of nitrogens with one attached hydrogen (secondary N) is 1. The fourth-order valence-electron chi connectivity index (χ4n) is 1.69. The average molecular weight is 253 g/mol. The van der Waals surface area contributed by atoms with Crippen LogP contribution in [0.3, 0.4) is 0 Å². The summed E-state index contributed by atoms with van der Waals surface area (Å²) in [5.41, 5.74) is 1.28. The summed E-state index contributed by atoms with van der Waals surface area (Å²) in [7, 11) is 3.27. The number of aliphatic hydroxyl groups excluding tert-OH is 1. The van der Waals surface area contributed by atoms with Gasteiger partial charge in [0.2, 0.25) is 0 Å². The molecule has 1 unspecified atom stereocenters. The van der Waals surface area contributed by atoms with Gasteiger partial charge in [-0.1, -0.05) is 12.1 Å². The molecule has 0 aliphatic carbocycles. The molecule has 4 nitrogen and oxygen atoms in total. The zero-order valence-corrected chi connectivity index (χ0v) is 11.2. The second-order valence-corrected chi connectivity index (χ2v) is 4.25. The highest BCUT2D eigenvalue weighted by Crippen LogP contribution is 2.11. The minimum atomic E-state index is -0.372. The normalized spacial score (nSPS) is 12.4. The molecule has 1 atom stereocenters. The van der Waals surface area contributed by atoms with Gasteiger partial charge in [-0.15, -0.1) is 0 Å². The van der Waals surface area contributed by atoms with Crippen LogP contribution in [0.1, 0.15) is 12.0 Å². The molecule has 102 valence electrons. The Hall–Kier alpha value is -1.10. The predicted molar refractivity (Wildman–Crippen MR) is 72.1 cm³/mol. The van der Waals surface area contributed by atoms with Crippen LogP contribution < -0.4 is 10.1 Å². The van der Waals surface area contributed by atoms with E-state index in [1.165, 1.54) is 5.56 Å². The number of ether oxygens (including phenoxy) is 2. The van der Waals surface area contributed by atoms with Crippen molar-refractivity contribution >= 4 is 0 Å². The smallest absolute Gasteiger partial charge is 0.118 e. The Morgan fingerprint density at radius 3 is 2.50 bits per heavy atom. The lowest BCUT2D eigenvalue weighted by Gasteiger charge is -2.10. The first-order valence-corrected chi connectivity index (χ1v) is 6.27. The summed E-state index contributed by atoms with van der Waals surface area (Å²) in [6.45, 7) is 2.12. The lowest BCUT2D eigenvalue weighted by Crippen LogP contribution is -2.24. The molecule has 0 saturated carbocycles. The Balaban J connectivity index is 2.10. The van der Waals surface area contributed by atoms with Crippen LogP contribution in [-0.2, 0) is 11.2 Å². The minimum Gasteiger partial charge on any atom is -0.497 e. The van der Waals surface area contributed by atoms with E-state index in [1.807, 2.05) is 12.1 Å². The van der Waals surface area contributed by atoms with E-state index in [0.717, 1.165) is 31.7 Å². The Labute approximate surface area is 109 Å². The van der Waals surface area contributed by atoms with Gasteiger partial charge in [-0.2, -0.15) is 0 Å². The fraction of sp³-hybridized carbons (Fsp3) is 0.571. The van der Waals surface area contributed by atoms with Crippen LogP contribution in [0.4, 0.5) is 0 Å². The van der Waals surface area contributed by atoms with Gasteiger partial charge in [0.25, 0.3) is 0 Å². The van der Waals surface area contributed by atoms with Gasteiger partial charge in [0, 0.05) is 7.11 Å². The van der Waals surface area contributed by atoms with Crippen molar-refractivity contribution in [2.45, 2.75) is 18.9 Å². The quantitative estimate of drug-likeness (QED) is 0.650. The van der Waals surface area contributed by atoms with Gasteiger partial charge >= 0.3 is 0 Å². The fourth-order valence-corrected chi connectivity index (χ4v) is 1.69. The molecule has 0 heterocycles. The van der Waals surface area contributed by atoms with E-state index in [9.17, 15) is 5.11 Å². The van der Waals surface area contributed by atoms with Crippen molar-refractivity contribution in [3.05, 3.63) is 29.8 Å². The Kier molecular flexibility index (Phi) is 7.41. The predicted octanol–water partition coefficient (Wildman–Crippen LogP) is 1.22. The molecular weight excluding hydrogens is 230 g/mol. The highest BCUT2D eigenvalue weighted by Gasteiger charge is 2.02. The van der Waals surface area contributed by atoms with Crippen molar-refractivity contribution < 1.29 is 14.6 Å². The van der Waals surface area contributed by atoms with E-state index in [-0.39, 0.29) is 6.10 Å². The minimum absolute atomic E-state index is 0.372. The largest absolute Gasteiger partial charge is 0.497 e. The van der Waals surface area contributed by atoms with Crippen LogP contribution in [0.5, 0.6) is 5.75 Å². The highest BCUT2D eigenvalue weighted by atomic mass is 16.5. The van der Waals surface area contributed by atoms with Crippen LogP contribution in [0, 0.1) is 0 Å². The molecule has 4 heteroatoms. The highest BCUT2D eigenvalue weighted by molar-refractivity contribution is 5.27. The monoisotopic (exact) mass is 253 g/mol. The van der Waals surface area contributed by atoms with E-state index in [0.29, 0.717) is 6.61 Å². The van der Waals surface area contributed by atoms with Gasteiger partial charge in [0.1, 0.15) is 5.75 Å². The zero-order valence-electron chi connectivity index (χ0n) is 11.2. The van der Waals surface area contributed by atoms with Gasteiger partial charge < -0.3 is 19.9 Å². The summed E-state index contributed by atoms with van der Waals surface area (Å²) in [6.07, 6.45) is 1.32. The van der Waals surface area contributed by atoms with Crippen molar-refractivity contribution in [2.24, 2.45) is 0 Å². The second kappa shape index (κ2) is 8.91. The van der Waals surface area contributed by atoms with Gasteiger partial charge in [0.15, 0.2) is 0 Å². The second-order valence-electron chi connectivity index (χ2n) is 4.25. The molecule has 0 amide bonds. The maximum Gasteiger partial charge on any atom is 0.118 e. The van der Waals surface area contributed by atoms with E-state index in [4.69, 9.17) is 9.47 Å². The van der Waals surface area contributed by atoms with Crippen molar-refractivity contribution in [1.82, 2.24) is 5.32 Å². The van der Waals surface area contributed by atoms with Crippen LogP contribution in [0.2, 0.25) is 0 Å². The number of rotatable bonds is 9. The van der Waals surface area contributed by atoms with E-state index in [1.54, 1.807) is 14.2 Å². The third kappa shape index (κ3) is 6.00. The summed E-state index contributed by atoms with van der Waals surface area (Å²) in [5, 5.41) is 12.7. The van der Waals surface area contributed by atoms with Crippen molar-refractivity contribution in [3.63, 3.8) is 0 Å². The Bertz CT molecular complexity index is 313. The first-order chi connectivity index (χ1) is 8.76. The topological polar surface area (TPSA) is 50.7 Å². The zero-order chi connectivity index (χ0) is 13.2. The maximum atomic E-state index is 9.44. The summed E-state index contributed by atoms with van der Waals surface area (Å²) < 4.78 is 9.97. The third-order valence-corrected chi connectivity index (χ3v) is 2.76. The number of methoxy groups -OCH3 is 2. The summed E-state index contributed by atoms with van der Waals surface area (Å²) in [4.78, 5) is 0. The third-order valence-electron chi connectivity index (χ3n) is 2.76. The lowest BCUT2D eigenvalue weighted by molar-refractivity contribution is 0.0595. The van der Waals surface area contributed by atoms with Crippen LogP contribution in [-0.4, -0.2) is 45.1 Å². The SMILES string of the molecule is COCC(O)CCNCCc1ccc(OC)cc1. The molecule has 1 aromatic rings. The van der Waals surface area contributed by atoms with E-state index in [2.05, 4.69) is 17.4 Å². The van der Waals surface area contributed by atoms with Gasteiger partial charge in [0.05, 0.1) is 19.8 Å². The number of benzene rings is 1. The first kappa shape index (κ1) is 15.0. The Morgan fingerprint density at radius 1 is 1.17 bits per heavy atom. The molecule has 1 aromatic carbocycles. The molecule has 0 bridgehead atoms. The summed E-state index contributed by atoms with van der Waals surface area (Å²) >= 11 is 0. The molecule has 0 fully saturated rings. The first-order valence-electron chi connectivity index (χ1n) is 6.27. The number of hydrogen-bond donors (Lipinski definition) is 2. The molecule has 18 heavy (non-hydrogen) atoms. The molecule has 0 aliphatic rings. The van der Waals surface area contributed by atoms with Crippen LogP contribution in [0.25, 0.3) is 0 Å². The van der Waals surface area contributed by atoms with E-state index >= 15 is 0 Å². The molecule has 0 radical (unpaired) electrons. The van der Waals surface area contributed by atoms with Gasteiger partial charge in [-0.05, 0) is 43.6 Å². The van der Waals surface area contributed by atoms with Gasteiger partial charge in [-0.25, -0.2) is 0 Å². The lowest BCUT2D eigenvalue weighted by atomic mass is 10.1. The molecule has 0 spiro atoms. The average Bonchev–Trinajstić information content (AvgIpc) is 2.39. The standard InChI is InChI=1S/C14H23NO3/c1-17-11-13(16)8-10-15-9-7-12-3-5-14(18-2)6-4-12/h3-6,13,15-16H,7-11H2,1-2H3.